The predicted octanol–water partition coefficient (Wildman–Crippen LogP) is 12.0. The van der Waals surface area contributed by atoms with E-state index in [4.69, 9.17) is 9.47 Å². The Morgan fingerprint density at radius 1 is 0.512 bits per heavy atom. The van der Waals surface area contributed by atoms with Gasteiger partial charge in [-0.1, -0.05) is 113 Å². The van der Waals surface area contributed by atoms with Gasteiger partial charge in [0.1, 0.15) is 70.6 Å². The van der Waals surface area contributed by atoms with Crippen molar-refractivity contribution < 1.29 is 55.0 Å². The molecule has 6 aromatic rings. The van der Waals surface area contributed by atoms with E-state index in [0.29, 0.717) is 24.3 Å². The van der Waals surface area contributed by atoms with Gasteiger partial charge in [0.2, 0.25) is 10.9 Å². The van der Waals surface area contributed by atoms with Gasteiger partial charge >= 0.3 is 0 Å². The summed E-state index contributed by atoms with van der Waals surface area (Å²) in [5.41, 5.74) is -2.19. The van der Waals surface area contributed by atoms with Crippen LogP contribution in [0, 0.1) is 58.6 Å². The first-order valence-corrected chi connectivity index (χ1v) is 25.4. The van der Waals surface area contributed by atoms with Crippen LogP contribution < -0.4 is 31.0 Å². The van der Waals surface area contributed by atoms with Crippen LogP contribution in [0.2, 0.25) is 0 Å². The first-order valence-electron chi connectivity index (χ1n) is 25.4. The number of rotatable bonds is 26. The van der Waals surface area contributed by atoms with Gasteiger partial charge in [0.25, 0.3) is 11.8 Å². The highest BCUT2D eigenvalue weighted by molar-refractivity contribution is 6.01. The summed E-state index contributed by atoms with van der Waals surface area (Å²) in [6.07, 6.45) is 9.10. The quantitative estimate of drug-likeness (QED) is 0.0309. The highest BCUT2D eigenvalue weighted by Crippen LogP contribution is 2.26. The average molecular weight is 1110 g/mol. The Morgan fingerprint density at radius 2 is 0.825 bits per heavy atom. The van der Waals surface area contributed by atoms with Crippen molar-refractivity contribution >= 4 is 23.4 Å². The molecule has 0 radical (unpaired) electrons. The fourth-order valence-electron chi connectivity index (χ4n) is 7.92. The van der Waals surface area contributed by atoms with Gasteiger partial charge in [0.15, 0.2) is 23.1 Å². The van der Waals surface area contributed by atoms with Gasteiger partial charge in [-0.25, -0.2) is 26.3 Å². The Kier molecular flexibility index (Phi) is 22.7. The zero-order chi connectivity index (χ0) is 58.8. The summed E-state index contributed by atoms with van der Waals surface area (Å²) in [5.74, 6) is -10.9. The molecule has 420 valence electrons. The van der Waals surface area contributed by atoms with E-state index >= 15 is 0 Å². The van der Waals surface area contributed by atoms with Crippen LogP contribution in [-0.2, 0) is 39.4 Å². The predicted molar refractivity (Wildman–Crippen MR) is 293 cm³/mol. The van der Waals surface area contributed by atoms with Crippen molar-refractivity contribution in [3.8, 4) is 11.5 Å². The molecule has 0 saturated heterocycles. The van der Waals surface area contributed by atoms with Gasteiger partial charge in [-0.3, -0.25) is 28.8 Å². The molecule has 0 aliphatic rings. The molecule has 0 aliphatic heterocycles. The van der Waals surface area contributed by atoms with Gasteiger partial charge in [-0.05, 0) is 34.8 Å². The van der Waals surface area contributed by atoms with Crippen LogP contribution in [0.5, 0.6) is 11.5 Å². The fourth-order valence-corrected chi connectivity index (χ4v) is 7.92. The fraction of sp³-hybridized carbons (Fsp3) is 0.258. The standard InChI is InChI=1S/2C31H31F3N2O4/c2*1-5-19(3)12-27(37)28-30(40-18-21-10-8-7-9-11-21)29(38)24(17-36(28)16-20(4)6-2)31(39)35-15-23-25(33)13-22(32)14-26(23)34/h2*5-11,13-14,17,19-20H,1-2,12,15-16,18H2,3-4H3,(H,35,39)/t2*19-,20?/m00/s1. The highest BCUT2D eigenvalue weighted by atomic mass is 19.2. The number of ketones is 2. The number of hydrogen-bond acceptors (Lipinski definition) is 8. The van der Waals surface area contributed by atoms with Gasteiger partial charge in [0, 0.05) is 86.8 Å². The van der Waals surface area contributed by atoms with Gasteiger partial charge in [-0.15, -0.1) is 26.3 Å². The summed E-state index contributed by atoms with van der Waals surface area (Å²) in [5, 5.41) is 4.63. The van der Waals surface area contributed by atoms with E-state index in [0.717, 1.165) is 11.1 Å². The van der Waals surface area contributed by atoms with E-state index in [2.05, 4.69) is 36.9 Å². The SMILES string of the molecule is C=CC(C)Cn1cc(C(=O)NCc2c(F)cc(F)cc2F)c(=O)c(OCc2ccccc2)c1C(=O)C[C@@H](C)C=C.C=CC(C)Cn1cc(C(=O)NCc2c(F)cc(F)cc2F)c(=O)c(OCc2ccccc2)c1C(=O)C[C@@H](C)C=C. The molecule has 0 fully saturated rings. The maximum Gasteiger partial charge on any atom is 0.257 e. The van der Waals surface area contributed by atoms with Crippen molar-refractivity contribution in [2.75, 3.05) is 0 Å². The molecule has 0 saturated carbocycles. The lowest BCUT2D eigenvalue weighted by Crippen LogP contribution is -2.33. The number of pyridine rings is 2. The number of nitrogens with one attached hydrogen (secondary N) is 2. The highest BCUT2D eigenvalue weighted by Gasteiger charge is 2.29. The Balaban J connectivity index is 0.000000294. The molecule has 12 nitrogen and oxygen atoms in total. The lowest BCUT2D eigenvalue weighted by Gasteiger charge is -2.21. The van der Waals surface area contributed by atoms with Crippen LogP contribution in [-0.4, -0.2) is 32.5 Å². The number of aromatic nitrogens is 2. The molecule has 6 rings (SSSR count). The number of nitrogens with zero attached hydrogens (tertiary/aromatic N) is 2. The maximum atomic E-state index is 14.1. The molecule has 2 heterocycles. The number of halogens is 6. The Hall–Kier alpha value is -8.80. The molecule has 0 bridgehead atoms. The van der Waals surface area contributed by atoms with E-state index in [1.54, 1.807) is 86.7 Å². The summed E-state index contributed by atoms with van der Waals surface area (Å²) < 4.78 is 97.8. The second kappa shape index (κ2) is 29.3. The summed E-state index contributed by atoms with van der Waals surface area (Å²) in [6, 6.07) is 19.9. The molecular formula is C62H62F6N4O8. The Morgan fingerprint density at radius 3 is 1.12 bits per heavy atom. The van der Waals surface area contributed by atoms with Gasteiger partial charge < -0.3 is 29.2 Å². The van der Waals surface area contributed by atoms with E-state index in [9.17, 15) is 55.1 Å². The first kappa shape index (κ1) is 62.0. The minimum absolute atomic E-state index is 0.00416. The van der Waals surface area contributed by atoms with Crippen molar-refractivity contribution in [1.82, 2.24) is 19.8 Å². The van der Waals surface area contributed by atoms with E-state index in [1.165, 1.54) is 21.5 Å². The van der Waals surface area contributed by atoms with Crippen LogP contribution in [0.15, 0.2) is 158 Å². The summed E-state index contributed by atoms with van der Waals surface area (Å²) >= 11 is 0. The smallest absolute Gasteiger partial charge is 0.257 e. The summed E-state index contributed by atoms with van der Waals surface area (Å²) in [4.78, 5) is 80.5. The van der Waals surface area contributed by atoms with Crippen LogP contribution >= 0.6 is 0 Å². The Bertz CT molecular complexity index is 3110. The number of ether oxygens (including phenoxy) is 2. The molecule has 0 aliphatic carbocycles. The summed E-state index contributed by atoms with van der Waals surface area (Å²) in [7, 11) is 0. The van der Waals surface area contributed by atoms with E-state index in [-0.39, 0.29) is 97.3 Å². The van der Waals surface area contributed by atoms with Crippen molar-refractivity contribution in [3.63, 3.8) is 0 Å². The zero-order valence-electron chi connectivity index (χ0n) is 44.8. The number of carbonyl (C=O) groups excluding carboxylic acids is 4. The van der Waals surface area contributed by atoms with Crippen LogP contribution in [0.25, 0.3) is 0 Å². The van der Waals surface area contributed by atoms with Crippen LogP contribution in [0.4, 0.5) is 26.3 Å². The minimum atomic E-state index is -1.18. The number of Topliss-reactive ketones (excluding diaryl/α,β-unsaturated/α-hetero) is 2. The second-order valence-electron chi connectivity index (χ2n) is 19.1. The molecule has 4 aromatic carbocycles. The molecule has 2 N–H and O–H groups in total. The van der Waals surface area contributed by atoms with Crippen molar-refractivity contribution in [1.29, 1.82) is 0 Å². The third-order valence-electron chi connectivity index (χ3n) is 12.6. The first-order chi connectivity index (χ1) is 38.1. The maximum absolute atomic E-state index is 14.1. The molecule has 2 unspecified atom stereocenters. The molecule has 18 heteroatoms. The van der Waals surface area contributed by atoms with Crippen LogP contribution in [0.3, 0.4) is 0 Å². The normalized spacial score (nSPS) is 12.3. The van der Waals surface area contributed by atoms with E-state index in [1.807, 2.05) is 26.0 Å². The summed E-state index contributed by atoms with van der Waals surface area (Å²) in [6.45, 7) is 21.3. The third kappa shape index (κ3) is 16.6. The second-order valence-corrected chi connectivity index (χ2v) is 19.1. The topological polar surface area (TPSA) is 155 Å². The lowest BCUT2D eigenvalue weighted by atomic mass is 10.0. The third-order valence-corrected chi connectivity index (χ3v) is 12.6. The number of amides is 2. The van der Waals surface area contributed by atoms with Gasteiger partial charge in [-0.2, -0.15) is 0 Å². The molecule has 2 aromatic heterocycles. The molecule has 2 amide bonds. The van der Waals surface area contributed by atoms with Crippen molar-refractivity contribution in [2.24, 2.45) is 23.7 Å². The zero-order valence-corrected chi connectivity index (χ0v) is 44.8. The number of allylic oxidation sites excluding steroid dienone is 4. The van der Waals surface area contributed by atoms with E-state index < -0.39 is 92.9 Å². The minimum Gasteiger partial charge on any atom is -0.483 e. The Labute approximate surface area is 459 Å². The van der Waals surface area contributed by atoms with Gasteiger partial charge in [0.05, 0.1) is 0 Å². The average Bonchev–Trinajstić information content (AvgIpc) is 3.42. The largest absolute Gasteiger partial charge is 0.483 e. The van der Waals surface area contributed by atoms with Crippen molar-refractivity contribution in [3.05, 3.63) is 248 Å². The number of carbonyl (C=O) groups is 4. The number of hydrogen-bond donors (Lipinski definition) is 2. The monoisotopic (exact) mass is 1100 g/mol. The molecule has 0 spiro atoms. The number of benzene rings is 4. The van der Waals surface area contributed by atoms with Crippen LogP contribution in [0.1, 0.15) is 104 Å². The molecule has 80 heavy (non-hydrogen) atoms. The lowest BCUT2D eigenvalue weighted by molar-refractivity contribution is 0.0933. The molecule has 4 atom stereocenters. The van der Waals surface area contributed by atoms with Crippen molar-refractivity contribution in [2.45, 2.75) is 79.9 Å². The molecular weight excluding hydrogens is 1040 g/mol.